The summed E-state index contributed by atoms with van der Waals surface area (Å²) in [5.74, 6) is -0.764. The zero-order valence-electron chi connectivity index (χ0n) is 18.1. The van der Waals surface area contributed by atoms with Gasteiger partial charge in [0.15, 0.2) is 0 Å². The molecule has 2 rings (SSSR count). The van der Waals surface area contributed by atoms with Gasteiger partial charge >= 0.3 is 0 Å². The van der Waals surface area contributed by atoms with Gasteiger partial charge in [-0.25, -0.2) is 8.42 Å². The minimum Gasteiger partial charge on any atom is -0.355 e. The Morgan fingerprint density at radius 1 is 1.10 bits per heavy atom. The van der Waals surface area contributed by atoms with Crippen LogP contribution in [0, 0.1) is 6.92 Å². The molecule has 2 aromatic carbocycles. The average Bonchev–Trinajstić information content (AvgIpc) is 2.71. The number of hydrogen-bond donors (Lipinski definition) is 1. The summed E-state index contributed by atoms with van der Waals surface area (Å²) in [4.78, 5) is 27.3. The molecule has 168 valence electrons. The van der Waals surface area contributed by atoms with E-state index in [1.54, 1.807) is 38.1 Å². The highest BCUT2D eigenvalue weighted by Crippen LogP contribution is 2.28. The summed E-state index contributed by atoms with van der Waals surface area (Å²) in [5, 5.41) is 2.73. The lowest BCUT2D eigenvalue weighted by molar-refractivity contribution is -0.139. The Morgan fingerprint density at radius 3 is 2.29 bits per heavy atom. The zero-order valence-corrected chi connectivity index (χ0v) is 20.5. The number of likely N-dealkylation sites (N-methyl/N-ethyl adjacent to an activating group) is 1. The Kier molecular flexibility index (Phi) is 8.64. The number of aryl methyl sites for hydroxylation is 1. The second-order valence-corrected chi connectivity index (χ2v) is 10.0. The summed E-state index contributed by atoms with van der Waals surface area (Å²) in [7, 11) is -3.75. The van der Waals surface area contributed by atoms with Gasteiger partial charge in [-0.15, -0.1) is 0 Å². The lowest BCUT2D eigenvalue weighted by atomic mass is 10.1. The van der Waals surface area contributed by atoms with Gasteiger partial charge in [-0.05, 0) is 60.0 Å². The van der Waals surface area contributed by atoms with Gasteiger partial charge in [0.05, 0.1) is 11.9 Å². The highest BCUT2D eigenvalue weighted by atomic mass is 79.9. The van der Waals surface area contributed by atoms with E-state index in [0.717, 1.165) is 21.7 Å². The number of nitrogens with zero attached hydrogens (tertiary/aromatic N) is 2. The second kappa shape index (κ2) is 10.8. The third kappa shape index (κ3) is 6.54. The first-order chi connectivity index (χ1) is 14.6. The van der Waals surface area contributed by atoms with Crippen molar-refractivity contribution in [3.63, 3.8) is 0 Å². The zero-order chi connectivity index (χ0) is 23.2. The lowest BCUT2D eigenvalue weighted by Crippen LogP contribution is -2.51. The van der Waals surface area contributed by atoms with Crippen molar-refractivity contribution in [2.45, 2.75) is 33.4 Å². The van der Waals surface area contributed by atoms with Gasteiger partial charge in [-0.1, -0.05) is 36.4 Å². The van der Waals surface area contributed by atoms with Crippen LogP contribution in [-0.2, 0) is 26.2 Å². The van der Waals surface area contributed by atoms with E-state index in [1.807, 2.05) is 31.2 Å². The van der Waals surface area contributed by atoms with Crippen molar-refractivity contribution >= 4 is 43.5 Å². The molecule has 0 aliphatic heterocycles. The van der Waals surface area contributed by atoms with Crippen LogP contribution in [0.15, 0.2) is 53.0 Å². The monoisotopic (exact) mass is 509 g/mol. The maximum atomic E-state index is 13.4. The number of hydrogen-bond acceptors (Lipinski definition) is 4. The Labute approximate surface area is 192 Å². The van der Waals surface area contributed by atoms with Crippen molar-refractivity contribution in [2.24, 2.45) is 0 Å². The molecule has 2 amide bonds. The molecular formula is C22H28BrN3O4S. The molecule has 1 atom stereocenters. The average molecular weight is 510 g/mol. The van der Waals surface area contributed by atoms with E-state index in [2.05, 4.69) is 21.2 Å². The number of para-hydroxylation sites is 1. The third-order valence-electron chi connectivity index (χ3n) is 4.92. The van der Waals surface area contributed by atoms with E-state index in [1.165, 1.54) is 4.90 Å². The van der Waals surface area contributed by atoms with Gasteiger partial charge in [0, 0.05) is 17.6 Å². The number of sulfonamides is 1. The van der Waals surface area contributed by atoms with E-state index >= 15 is 0 Å². The van der Waals surface area contributed by atoms with E-state index in [9.17, 15) is 18.0 Å². The molecular weight excluding hydrogens is 482 g/mol. The van der Waals surface area contributed by atoms with Gasteiger partial charge in [-0.3, -0.25) is 13.9 Å². The Morgan fingerprint density at radius 2 is 1.71 bits per heavy atom. The van der Waals surface area contributed by atoms with E-state index in [0.29, 0.717) is 16.7 Å². The van der Waals surface area contributed by atoms with Gasteiger partial charge in [0.25, 0.3) is 0 Å². The number of halogens is 1. The largest absolute Gasteiger partial charge is 0.355 e. The van der Waals surface area contributed by atoms with Crippen LogP contribution in [-0.4, -0.2) is 50.5 Å². The molecule has 0 aliphatic rings. The first-order valence-electron chi connectivity index (χ1n) is 9.90. The van der Waals surface area contributed by atoms with Gasteiger partial charge in [0.2, 0.25) is 21.8 Å². The maximum Gasteiger partial charge on any atom is 0.244 e. The first-order valence-corrected chi connectivity index (χ1v) is 12.5. The normalized spacial score (nSPS) is 12.2. The van der Waals surface area contributed by atoms with Crippen molar-refractivity contribution < 1.29 is 18.0 Å². The molecule has 0 saturated carbocycles. The molecule has 0 radical (unpaired) electrons. The van der Waals surface area contributed by atoms with Crippen LogP contribution in [0.25, 0.3) is 0 Å². The van der Waals surface area contributed by atoms with Crippen molar-refractivity contribution in [2.75, 3.05) is 23.7 Å². The standard InChI is InChI=1S/C22H28BrN3O4S/c1-5-24-22(28)17(3)25(14-18-11-7-6-10-16(18)2)21(27)15-26(31(4,29)30)20-13-9-8-12-19(20)23/h6-13,17H,5,14-15H2,1-4H3,(H,24,28). The number of rotatable bonds is 9. The number of carbonyl (C=O) groups is 2. The minimum absolute atomic E-state index is 0.192. The highest BCUT2D eigenvalue weighted by Gasteiger charge is 2.30. The van der Waals surface area contributed by atoms with Crippen molar-refractivity contribution in [3.8, 4) is 0 Å². The molecule has 31 heavy (non-hydrogen) atoms. The smallest absolute Gasteiger partial charge is 0.244 e. The Balaban J connectivity index is 2.41. The van der Waals surface area contributed by atoms with Crippen molar-refractivity contribution in [3.05, 3.63) is 64.1 Å². The van der Waals surface area contributed by atoms with Gasteiger partial charge in [0.1, 0.15) is 12.6 Å². The van der Waals surface area contributed by atoms with Crippen LogP contribution in [0.3, 0.4) is 0 Å². The molecule has 0 spiro atoms. The molecule has 0 fully saturated rings. The molecule has 0 bridgehead atoms. The number of nitrogens with one attached hydrogen (secondary N) is 1. The predicted molar refractivity (Wildman–Crippen MR) is 126 cm³/mol. The topological polar surface area (TPSA) is 86.8 Å². The van der Waals surface area contributed by atoms with Crippen LogP contribution in [0.5, 0.6) is 0 Å². The van der Waals surface area contributed by atoms with Gasteiger partial charge in [-0.2, -0.15) is 0 Å². The molecule has 0 aromatic heterocycles. The molecule has 0 aliphatic carbocycles. The van der Waals surface area contributed by atoms with E-state index < -0.39 is 28.5 Å². The maximum absolute atomic E-state index is 13.4. The van der Waals surface area contributed by atoms with Crippen LogP contribution in [0.4, 0.5) is 5.69 Å². The van der Waals surface area contributed by atoms with Crippen LogP contribution in [0.1, 0.15) is 25.0 Å². The Hall–Kier alpha value is -2.39. The molecule has 0 heterocycles. The number of amides is 2. The molecule has 1 N–H and O–H groups in total. The molecule has 9 heteroatoms. The molecule has 0 saturated heterocycles. The van der Waals surface area contributed by atoms with E-state index in [-0.39, 0.29) is 12.5 Å². The third-order valence-corrected chi connectivity index (χ3v) is 6.72. The van der Waals surface area contributed by atoms with Crippen LogP contribution in [0.2, 0.25) is 0 Å². The molecule has 2 aromatic rings. The summed E-state index contributed by atoms with van der Waals surface area (Å²) >= 11 is 3.36. The molecule has 7 nitrogen and oxygen atoms in total. The van der Waals surface area contributed by atoms with Crippen molar-refractivity contribution in [1.82, 2.24) is 10.2 Å². The van der Waals surface area contributed by atoms with Crippen LogP contribution >= 0.6 is 15.9 Å². The summed E-state index contributed by atoms with van der Waals surface area (Å²) in [6.45, 7) is 5.58. The second-order valence-electron chi connectivity index (χ2n) is 7.24. The summed E-state index contributed by atoms with van der Waals surface area (Å²) < 4.78 is 26.6. The number of anilines is 1. The number of benzene rings is 2. The molecule has 1 unspecified atom stereocenters. The first kappa shape index (κ1) is 24.9. The fourth-order valence-corrected chi connectivity index (χ4v) is 4.60. The van der Waals surface area contributed by atoms with Crippen molar-refractivity contribution in [1.29, 1.82) is 0 Å². The fourth-order valence-electron chi connectivity index (χ4n) is 3.12. The number of carbonyl (C=O) groups excluding carboxylic acids is 2. The summed E-state index contributed by atoms with van der Waals surface area (Å²) in [6.07, 6.45) is 1.05. The fraction of sp³-hybridized carbons (Fsp3) is 0.364. The van der Waals surface area contributed by atoms with Gasteiger partial charge < -0.3 is 10.2 Å². The minimum atomic E-state index is -3.75. The quantitative estimate of drug-likeness (QED) is 0.562. The highest BCUT2D eigenvalue weighted by molar-refractivity contribution is 9.10. The van der Waals surface area contributed by atoms with Crippen LogP contribution < -0.4 is 9.62 Å². The lowest BCUT2D eigenvalue weighted by Gasteiger charge is -2.32. The summed E-state index contributed by atoms with van der Waals surface area (Å²) in [5.41, 5.74) is 2.23. The predicted octanol–water partition coefficient (Wildman–Crippen LogP) is 3.08. The summed E-state index contributed by atoms with van der Waals surface area (Å²) in [6, 6.07) is 13.6. The van der Waals surface area contributed by atoms with E-state index in [4.69, 9.17) is 0 Å². The SMILES string of the molecule is CCNC(=O)C(C)N(Cc1ccccc1C)C(=O)CN(c1ccccc1Br)S(C)(=O)=O. The Bertz CT molecular complexity index is 1040.